The zero-order valence-electron chi connectivity index (χ0n) is 17.6. The van der Waals surface area contributed by atoms with Gasteiger partial charge in [-0.15, -0.1) is 0 Å². The summed E-state index contributed by atoms with van der Waals surface area (Å²) in [5.74, 6) is -0.618. The highest BCUT2D eigenvalue weighted by Crippen LogP contribution is 2.27. The van der Waals surface area contributed by atoms with Crippen molar-refractivity contribution in [2.75, 3.05) is 0 Å². The number of fused-ring (bicyclic) bond motifs is 1. The Bertz CT molecular complexity index is 778. The van der Waals surface area contributed by atoms with Gasteiger partial charge >= 0.3 is 5.97 Å². The number of amides is 1. The summed E-state index contributed by atoms with van der Waals surface area (Å²) in [6, 6.07) is 1.74. The molecule has 1 fully saturated rings. The molecule has 0 unspecified atom stereocenters. The van der Waals surface area contributed by atoms with Gasteiger partial charge in [0.25, 0.3) is 11.5 Å². The lowest BCUT2D eigenvalue weighted by Crippen LogP contribution is -2.37. The number of hydroxylamine groups is 1. The second kappa shape index (κ2) is 10.6. The normalized spacial score (nSPS) is 17.7. The molecule has 2 aliphatic rings. The third-order valence-corrected chi connectivity index (χ3v) is 6.22. The summed E-state index contributed by atoms with van der Waals surface area (Å²) in [4.78, 5) is 42.4. The van der Waals surface area contributed by atoms with Crippen molar-refractivity contribution in [2.45, 2.75) is 96.9 Å². The fourth-order valence-electron chi connectivity index (χ4n) is 4.63. The third kappa shape index (κ3) is 5.71. The summed E-state index contributed by atoms with van der Waals surface area (Å²) < 4.78 is 1.87. The van der Waals surface area contributed by atoms with Gasteiger partial charge in [0.1, 0.15) is 5.56 Å². The van der Waals surface area contributed by atoms with Gasteiger partial charge < -0.3 is 9.40 Å². The molecule has 29 heavy (non-hydrogen) atoms. The van der Waals surface area contributed by atoms with Crippen LogP contribution < -0.4 is 11.0 Å². The van der Waals surface area contributed by atoms with E-state index in [1.54, 1.807) is 6.07 Å². The molecule has 0 atom stereocenters. The fraction of sp³-hybridized carbons (Fsp3) is 0.696. The maximum atomic E-state index is 13.3. The van der Waals surface area contributed by atoms with Crippen molar-refractivity contribution in [3.8, 4) is 0 Å². The van der Waals surface area contributed by atoms with Gasteiger partial charge in [0, 0.05) is 18.7 Å². The number of hydrogen-bond donors (Lipinski definition) is 1. The lowest BCUT2D eigenvalue weighted by molar-refractivity contribution is -0.149. The number of nitrogens with zero attached hydrogens (tertiary/aromatic N) is 1. The summed E-state index contributed by atoms with van der Waals surface area (Å²) in [6.45, 7) is 2.56. The van der Waals surface area contributed by atoms with Gasteiger partial charge in [-0.1, -0.05) is 39.0 Å². The van der Waals surface area contributed by atoms with E-state index in [2.05, 4.69) is 5.48 Å². The first kappa shape index (κ1) is 21.6. The van der Waals surface area contributed by atoms with Crippen LogP contribution in [-0.2, 0) is 29.0 Å². The second-order valence-electron chi connectivity index (χ2n) is 8.52. The largest absolute Gasteiger partial charge is 0.341 e. The van der Waals surface area contributed by atoms with Crippen LogP contribution in [0.15, 0.2) is 10.9 Å². The average Bonchev–Trinajstić information content (AvgIpc) is 2.70. The molecular weight excluding hydrogens is 368 g/mol. The van der Waals surface area contributed by atoms with E-state index in [-0.39, 0.29) is 17.5 Å². The molecule has 0 aliphatic heterocycles. The Morgan fingerprint density at radius 2 is 1.76 bits per heavy atom. The zero-order valence-corrected chi connectivity index (χ0v) is 17.6. The van der Waals surface area contributed by atoms with Gasteiger partial charge in [0.2, 0.25) is 0 Å². The lowest BCUT2D eigenvalue weighted by Gasteiger charge is -2.26. The number of hydrogen-bond acceptors (Lipinski definition) is 4. The molecule has 0 saturated heterocycles. The molecule has 0 aromatic carbocycles. The minimum atomic E-state index is -0.623. The van der Waals surface area contributed by atoms with Gasteiger partial charge in [-0.3, -0.25) is 9.59 Å². The topological polar surface area (TPSA) is 77.4 Å². The molecule has 1 aromatic rings. The zero-order chi connectivity index (χ0) is 20.6. The summed E-state index contributed by atoms with van der Waals surface area (Å²) in [5.41, 5.74) is 4.24. The van der Waals surface area contributed by atoms with Crippen LogP contribution in [0.4, 0.5) is 0 Å². The minimum Gasteiger partial charge on any atom is -0.341 e. The molecule has 1 amide bonds. The molecule has 1 N–H and O–H groups in total. The fourth-order valence-corrected chi connectivity index (χ4v) is 4.63. The van der Waals surface area contributed by atoms with Crippen LogP contribution in [0.25, 0.3) is 0 Å². The van der Waals surface area contributed by atoms with Crippen LogP contribution >= 0.6 is 0 Å². The number of carbonyl (C=O) groups excluding carboxylic acids is 2. The van der Waals surface area contributed by atoms with Crippen molar-refractivity contribution in [3.63, 3.8) is 0 Å². The van der Waals surface area contributed by atoms with Crippen LogP contribution in [0.1, 0.15) is 99.2 Å². The number of pyridine rings is 1. The molecule has 160 valence electrons. The Kier molecular flexibility index (Phi) is 7.90. The van der Waals surface area contributed by atoms with Crippen molar-refractivity contribution in [1.29, 1.82) is 0 Å². The Balaban J connectivity index is 1.90. The monoisotopic (exact) mass is 402 g/mol. The van der Waals surface area contributed by atoms with Crippen molar-refractivity contribution < 1.29 is 14.4 Å². The molecule has 6 nitrogen and oxygen atoms in total. The Hall–Kier alpha value is -2.11. The smallest absolute Gasteiger partial charge is 0.332 e. The van der Waals surface area contributed by atoms with Crippen molar-refractivity contribution in [2.24, 2.45) is 5.92 Å². The SMILES string of the molecule is CCCC(=O)ONC(=O)c1cc2c(n(CC3CCCCC3)c1=O)CCCCCC2. The number of rotatable bonds is 5. The van der Waals surface area contributed by atoms with E-state index in [0.29, 0.717) is 18.9 Å². The molecule has 1 heterocycles. The number of aryl methyl sites for hydroxylation is 1. The Morgan fingerprint density at radius 3 is 2.48 bits per heavy atom. The molecular formula is C23H34N2O4. The van der Waals surface area contributed by atoms with Crippen LogP contribution in [0.2, 0.25) is 0 Å². The predicted molar refractivity (Wildman–Crippen MR) is 112 cm³/mol. The van der Waals surface area contributed by atoms with E-state index in [0.717, 1.165) is 49.8 Å². The van der Waals surface area contributed by atoms with Crippen LogP contribution in [0.5, 0.6) is 0 Å². The second-order valence-corrected chi connectivity index (χ2v) is 8.52. The third-order valence-electron chi connectivity index (χ3n) is 6.22. The van der Waals surface area contributed by atoms with Gasteiger partial charge in [-0.25, -0.2) is 4.79 Å². The summed E-state index contributed by atoms with van der Waals surface area (Å²) in [6.07, 6.45) is 13.2. The van der Waals surface area contributed by atoms with Crippen LogP contribution in [0.3, 0.4) is 0 Å². The Labute approximate surface area is 173 Å². The predicted octanol–water partition coefficient (Wildman–Crippen LogP) is 4.08. The number of nitrogens with one attached hydrogen (secondary N) is 1. The highest BCUT2D eigenvalue weighted by atomic mass is 16.7. The molecule has 1 aromatic heterocycles. The first-order valence-electron chi connectivity index (χ1n) is 11.4. The molecule has 2 aliphatic carbocycles. The van der Waals surface area contributed by atoms with Crippen LogP contribution in [-0.4, -0.2) is 16.4 Å². The van der Waals surface area contributed by atoms with Crippen molar-refractivity contribution in [3.05, 3.63) is 33.2 Å². The maximum absolute atomic E-state index is 13.3. The van der Waals surface area contributed by atoms with E-state index in [1.807, 2.05) is 11.5 Å². The highest BCUT2D eigenvalue weighted by Gasteiger charge is 2.23. The van der Waals surface area contributed by atoms with E-state index < -0.39 is 11.9 Å². The van der Waals surface area contributed by atoms with Gasteiger partial charge in [-0.2, -0.15) is 5.48 Å². The highest BCUT2D eigenvalue weighted by molar-refractivity contribution is 5.94. The summed E-state index contributed by atoms with van der Waals surface area (Å²) in [5, 5.41) is 0. The van der Waals surface area contributed by atoms with Crippen LogP contribution in [0, 0.1) is 5.92 Å². The number of aromatic nitrogens is 1. The summed E-state index contributed by atoms with van der Waals surface area (Å²) >= 11 is 0. The first-order valence-corrected chi connectivity index (χ1v) is 11.4. The van der Waals surface area contributed by atoms with Gasteiger partial charge in [-0.05, 0) is 62.5 Å². The minimum absolute atomic E-state index is 0.0874. The van der Waals surface area contributed by atoms with Crippen molar-refractivity contribution >= 4 is 11.9 Å². The molecule has 0 spiro atoms. The maximum Gasteiger partial charge on any atom is 0.332 e. The van der Waals surface area contributed by atoms with E-state index in [1.165, 1.54) is 32.1 Å². The number of carbonyl (C=O) groups is 2. The Morgan fingerprint density at radius 1 is 1.07 bits per heavy atom. The molecule has 0 radical (unpaired) electrons. The van der Waals surface area contributed by atoms with Gasteiger partial charge in [0.15, 0.2) is 0 Å². The lowest BCUT2D eigenvalue weighted by atomic mass is 9.88. The van der Waals surface area contributed by atoms with Gasteiger partial charge in [0.05, 0.1) is 0 Å². The van der Waals surface area contributed by atoms with E-state index in [4.69, 9.17) is 4.84 Å². The van der Waals surface area contributed by atoms with Crippen molar-refractivity contribution in [1.82, 2.24) is 10.0 Å². The summed E-state index contributed by atoms with van der Waals surface area (Å²) in [7, 11) is 0. The molecule has 1 saturated carbocycles. The standard InChI is InChI=1S/C23H34N2O4/c1-2-10-21(26)29-24-22(27)19-15-18-13-8-3-4-9-14-20(18)25(23(19)28)16-17-11-6-5-7-12-17/h15,17H,2-14,16H2,1H3,(H,24,27). The molecule has 6 heteroatoms. The first-order chi connectivity index (χ1) is 14.1. The molecule has 0 bridgehead atoms. The quantitative estimate of drug-likeness (QED) is 0.753. The molecule has 3 rings (SSSR count). The van der Waals surface area contributed by atoms with E-state index in [9.17, 15) is 14.4 Å². The average molecular weight is 403 g/mol. The van der Waals surface area contributed by atoms with E-state index >= 15 is 0 Å².